The molecule has 2 aliphatic rings. The second kappa shape index (κ2) is 5.99. The van der Waals surface area contributed by atoms with Crippen LogP contribution in [-0.2, 0) is 14.3 Å². The van der Waals surface area contributed by atoms with E-state index in [4.69, 9.17) is 9.47 Å². The van der Waals surface area contributed by atoms with Crippen LogP contribution in [-0.4, -0.2) is 43.3 Å². The van der Waals surface area contributed by atoms with Gasteiger partial charge in [0.25, 0.3) is 0 Å². The number of benzene rings is 1. The molecule has 0 saturated heterocycles. The summed E-state index contributed by atoms with van der Waals surface area (Å²) < 4.78 is 9.60. The lowest BCUT2D eigenvalue weighted by atomic mass is 9.76. The largest absolute Gasteiger partial charge is 0.480 e. The molecule has 3 atom stereocenters. The highest BCUT2D eigenvalue weighted by Crippen LogP contribution is 2.47. The van der Waals surface area contributed by atoms with Gasteiger partial charge in [0.1, 0.15) is 6.04 Å². The van der Waals surface area contributed by atoms with Gasteiger partial charge in [-0.15, -0.1) is 0 Å². The maximum atomic E-state index is 12.1. The summed E-state index contributed by atoms with van der Waals surface area (Å²) in [7, 11) is 2.53. The summed E-state index contributed by atoms with van der Waals surface area (Å²) >= 11 is 0. The van der Waals surface area contributed by atoms with Gasteiger partial charge < -0.3 is 19.9 Å². The number of rotatable bonds is 3. The number of nitrogens with one attached hydrogen (secondary N) is 1. The number of methoxy groups -OCH3 is 2. The maximum absolute atomic E-state index is 12.1. The van der Waals surface area contributed by atoms with Crippen LogP contribution in [0.2, 0.25) is 0 Å². The molecule has 0 radical (unpaired) electrons. The van der Waals surface area contributed by atoms with Crippen molar-refractivity contribution in [3.63, 3.8) is 0 Å². The van der Waals surface area contributed by atoms with Gasteiger partial charge in [0.15, 0.2) is 0 Å². The van der Waals surface area contributed by atoms with E-state index in [2.05, 4.69) is 5.32 Å². The number of carbonyl (C=O) groups is 3. The molecule has 7 heteroatoms. The van der Waals surface area contributed by atoms with E-state index in [0.717, 1.165) is 0 Å². The Hall–Kier alpha value is -2.83. The fraction of sp³-hybridized carbons (Fsp3) is 0.353. The van der Waals surface area contributed by atoms with E-state index in [9.17, 15) is 19.5 Å². The lowest BCUT2D eigenvalue weighted by Gasteiger charge is -2.36. The number of hydrogen-bond donors (Lipinski definition) is 2. The number of fused-ring (bicyclic) bond motifs is 3. The van der Waals surface area contributed by atoms with E-state index >= 15 is 0 Å². The molecular formula is C17H17NO6. The van der Waals surface area contributed by atoms with Gasteiger partial charge in [0.05, 0.1) is 31.0 Å². The smallest absolute Gasteiger partial charge is 0.339 e. The van der Waals surface area contributed by atoms with E-state index in [1.807, 2.05) is 12.2 Å². The number of hydrogen-bond acceptors (Lipinski definition) is 6. The van der Waals surface area contributed by atoms with Crippen LogP contribution in [0.15, 0.2) is 24.3 Å². The van der Waals surface area contributed by atoms with Gasteiger partial charge in [0, 0.05) is 11.8 Å². The van der Waals surface area contributed by atoms with Crippen LogP contribution in [0.1, 0.15) is 38.6 Å². The Balaban J connectivity index is 2.24. The molecule has 126 valence electrons. The van der Waals surface area contributed by atoms with E-state index in [1.54, 1.807) is 0 Å². The zero-order chi connectivity index (χ0) is 17.4. The highest BCUT2D eigenvalue weighted by molar-refractivity contribution is 6.02. The van der Waals surface area contributed by atoms with Crippen molar-refractivity contribution in [3.05, 3.63) is 41.0 Å². The van der Waals surface area contributed by atoms with Crippen LogP contribution in [0.3, 0.4) is 0 Å². The van der Waals surface area contributed by atoms with Crippen LogP contribution in [0.5, 0.6) is 0 Å². The average molecular weight is 331 g/mol. The highest BCUT2D eigenvalue weighted by atomic mass is 16.5. The first kappa shape index (κ1) is 16.0. The number of aliphatic carboxylic acids is 1. The summed E-state index contributed by atoms with van der Waals surface area (Å²) in [5.41, 5.74) is 1.43. The Kier molecular flexibility index (Phi) is 4.01. The average Bonchev–Trinajstić information content (AvgIpc) is 3.08. The van der Waals surface area contributed by atoms with E-state index in [-0.39, 0.29) is 17.4 Å². The fourth-order valence-corrected chi connectivity index (χ4v) is 3.52. The van der Waals surface area contributed by atoms with Gasteiger partial charge in [-0.05, 0) is 24.1 Å². The molecule has 24 heavy (non-hydrogen) atoms. The number of carboxylic acids is 1. The molecule has 1 heterocycles. The van der Waals surface area contributed by atoms with Crippen LogP contribution in [0, 0.1) is 5.92 Å². The first-order valence-corrected chi connectivity index (χ1v) is 7.49. The van der Waals surface area contributed by atoms with Crippen LogP contribution in [0.4, 0.5) is 5.69 Å². The molecule has 1 aliphatic heterocycles. The number of carboxylic acid groups (broad SMARTS) is 1. The lowest BCUT2D eigenvalue weighted by molar-refractivity contribution is -0.139. The summed E-state index contributed by atoms with van der Waals surface area (Å²) in [4.78, 5) is 35.8. The van der Waals surface area contributed by atoms with Gasteiger partial charge in [-0.2, -0.15) is 0 Å². The molecular weight excluding hydrogens is 314 g/mol. The Morgan fingerprint density at radius 1 is 1.12 bits per heavy atom. The number of ether oxygens (including phenoxy) is 2. The maximum Gasteiger partial charge on any atom is 0.339 e. The SMILES string of the molecule is COC(=O)c1ccc(C(=O)OC)c2c1N[C@H](C(=O)O)[C@H]1CC=C[C@@H]21. The third-order valence-electron chi connectivity index (χ3n) is 4.60. The Morgan fingerprint density at radius 3 is 2.38 bits per heavy atom. The molecule has 7 nitrogen and oxygen atoms in total. The highest BCUT2D eigenvalue weighted by Gasteiger charge is 2.44. The minimum atomic E-state index is -1.00. The predicted molar refractivity (Wildman–Crippen MR) is 84.2 cm³/mol. The summed E-state index contributed by atoms with van der Waals surface area (Å²) in [6, 6.07) is 2.11. The number of anilines is 1. The molecule has 0 spiro atoms. The molecule has 0 saturated carbocycles. The molecule has 0 aromatic heterocycles. The van der Waals surface area contributed by atoms with Crippen molar-refractivity contribution in [1.82, 2.24) is 0 Å². The standard InChI is InChI=1S/C17H17NO6/c1-23-16(21)10-6-7-11(17(22)24-2)13-12(10)8-4-3-5-9(8)14(18-13)15(19)20/h3-4,6-9,14,18H,5H2,1-2H3,(H,19,20)/t8-,9+,14+/m1/s1. The Bertz CT molecular complexity index is 754. The monoisotopic (exact) mass is 331 g/mol. The molecule has 0 amide bonds. The second-order valence-corrected chi connectivity index (χ2v) is 5.75. The van der Waals surface area contributed by atoms with Crippen molar-refractivity contribution in [2.75, 3.05) is 19.5 Å². The van der Waals surface area contributed by atoms with E-state index < -0.39 is 23.9 Å². The molecule has 0 unspecified atom stereocenters. The quantitative estimate of drug-likeness (QED) is 0.643. The number of esters is 2. The Morgan fingerprint density at radius 2 is 1.75 bits per heavy atom. The van der Waals surface area contributed by atoms with E-state index in [1.165, 1.54) is 26.4 Å². The second-order valence-electron chi connectivity index (χ2n) is 5.75. The molecule has 1 aromatic rings. The van der Waals surface area contributed by atoms with Gasteiger partial charge in [-0.3, -0.25) is 0 Å². The van der Waals surface area contributed by atoms with Crippen molar-refractivity contribution in [3.8, 4) is 0 Å². The summed E-state index contributed by atoms with van der Waals surface area (Å²) in [5, 5.41) is 12.4. The Labute approximate surface area is 138 Å². The topological polar surface area (TPSA) is 102 Å². The minimum absolute atomic E-state index is 0.199. The normalized spacial score (nSPS) is 23.7. The van der Waals surface area contributed by atoms with Crippen molar-refractivity contribution in [2.24, 2.45) is 5.92 Å². The van der Waals surface area contributed by atoms with Crippen molar-refractivity contribution in [2.45, 2.75) is 18.4 Å². The van der Waals surface area contributed by atoms with Crippen LogP contribution < -0.4 is 5.32 Å². The molecule has 0 bridgehead atoms. The van der Waals surface area contributed by atoms with Crippen molar-refractivity contribution >= 4 is 23.6 Å². The molecule has 2 N–H and O–H groups in total. The molecule has 3 rings (SSSR count). The number of allylic oxidation sites excluding steroid dienone is 2. The summed E-state index contributed by atoms with van der Waals surface area (Å²) in [6.45, 7) is 0. The molecule has 1 aliphatic carbocycles. The zero-order valence-corrected chi connectivity index (χ0v) is 13.2. The van der Waals surface area contributed by atoms with Crippen LogP contribution in [0.25, 0.3) is 0 Å². The minimum Gasteiger partial charge on any atom is -0.480 e. The van der Waals surface area contributed by atoms with E-state index in [0.29, 0.717) is 23.2 Å². The lowest BCUT2D eigenvalue weighted by Crippen LogP contribution is -2.43. The third kappa shape index (κ3) is 2.33. The van der Waals surface area contributed by atoms with Gasteiger partial charge in [-0.25, -0.2) is 14.4 Å². The first-order chi connectivity index (χ1) is 11.5. The summed E-state index contributed by atoms with van der Waals surface area (Å²) in [5.74, 6) is -2.64. The third-order valence-corrected chi connectivity index (χ3v) is 4.60. The number of carbonyl (C=O) groups excluding carboxylic acids is 2. The summed E-state index contributed by atoms with van der Waals surface area (Å²) in [6.07, 6.45) is 4.36. The first-order valence-electron chi connectivity index (χ1n) is 7.49. The van der Waals surface area contributed by atoms with Gasteiger partial charge in [0.2, 0.25) is 0 Å². The van der Waals surface area contributed by atoms with Crippen molar-refractivity contribution in [1.29, 1.82) is 0 Å². The van der Waals surface area contributed by atoms with Gasteiger partial charge in [-0.1, -0.05) is 12.2 Å². The predicted octanol–water partition coefficient (Wildman–Crippen LogP) is 1.80. The zero-order valence-electron chi connectivity index (χ0n) is 13.2. The van der Waals surface area contributed by atoms with Gasteiger partial charge >= 0.3 is 17.9 Å². The van der Waals surface area contributed by atoms with Crippen LogP contribution >= 0.6 is 0 Å². The fourth-order valence-electron chi connectivity index (χ4n) is 3.52. The van der Waals surface area contributed by atoms with Crippen molar-refractivity contribution < 1.29 is 29.0 Å². The molecule has 0 fully saturated rings. The molecule has 1 aromatic carbocycles.